The summed E-state index contributed by atoms with van der Waals surface area (Å²) in [4.78, 5) is 18.9. The Labute approximate surface area is 123 Å². The number of hydrogen-bond donors (Lipinski definition) is 1. The minimum Gasteiger partial charge on any atom is -0.364 e. The molecule has 1 saturated carbocycles. The van der Waals surface area contributed by atoms with Crippen LogP contribution in [0.25, 0.3) is 0 Å². The summed E-state index contributed by atoms with van der Waals surface area (Å²) in [5.41, 5.74) is -0.216. The van der Waals surface area contributed by atoms with Crippen molar-refractivity contribution in [1.29, 1.82) is 0 Å². The van der Waals surface area contributed by atoms with Crippen molar-refractivity contribution in [2.45, 2.75) is 51.4 Å². The molecule has 0 aliphatic heterocycles. The van der Waals surface area contributed by atoms with Gasteiger partial charge in [0.05, 0.1) is 4.92 Å². The van der Waals surface area contributed by atoms with Gasteiger partial charge in [0.1, 0.15) is 5.82 Å². The quantitative estimate of drug-likeness (QED) is 0.340. The van der Waals surface area contributed by atoms with Crippen LogP contribution in [0.15, 0.2) is 0 Å². The Kier molecular flexibility index (Phi) is 5.11. The first-order chi connectivity index (χ1) is 9.63. The monoisotopic (exact) mass is 298 g/mol. The number of anilines is 1. The van der Waals surface area contributed by atoms with E-state index in [1.54, 1.807) is 0 Å². The molecule has 0 atom stereocenters. The van der Waals surface area contributed by atoms with Gasteiger partial charge in [-0.25, -0.2) is 9.97 Å². The zero-order valence-corrected chi connectivity index (χ0v) is 12.3. The highest BCUT2D eigenvalue weighted by Gasteiger charge is 2.31. The highest BCUT2D eigenvalue weighted by Crippen LogP contribution is 2.41. The van der Waals surface area contributed by atoms with E-state index in [2.05, 4.69) is 22.2 Å². The molecule has 0 saturated heterocycles. The molecule has 0 bridgehead atoms. The van der Waals surface area contributed by atoms with Gasteiger partial charge in [-0.2, -0.15) is 0 Å². The Balaban J connectivity index is 2.09. The third-order valence-electron chi connectivity index (χ3n) is 3.31. The van der Waals surface area contributed by atoms with Gasteiger partial charge in [0.2, 0.25) is 11.0 Å². The van der Waals surface area contributed by atoms with E-state index in [0.29, 0.717) is 18.3 Å². The lowest BCUT2D eigenvalue weighted by Gasteiger charge is -2.08. The number of hydrogen-bond acceptors (Lipinski definition) is 5. The maximum atomic E-state index is 11.1. The number of nitro groups is 1. The average molecular weight is 299 g/mol. The van der Waals surface area contributed by atoms with E-state index in [4.69, 9.17) is 11.6 Å². The minimum absolute atomic E-state index is 0.0667. The summed E-state index contributed by atoms with van der Waals surface area (Å²) in [7, 11) is 0. The molecule has 1 N–H and O–H groups in total. The van der Waals surface area contributed by atoms with Crippen molar-refractivity contribution in [3.63, 3.8) is 0 Å². The Morgan fingerprint density at radius 1 is 1.35 bits per heavy atom. The van der Waals surface area contributed by atoms with Crippen LogP contribution in [0.2, 0.25) is 5.15 Å². The summed E-state index contributed by atoms with van der Waals surface area (Å²) in [6.07, 6.45) is 6.46. The molecule has 20 heavy (non-hydrogen) atoms. The van der Waals surface area contributed by atoms with Crippen LogP contribution in [0.4, 0.5) is 11.5 Å². The minimum atomic E-state index is -0.520. The number of halogens is 1. The second-order valence-electron chi connectivity index (χ2n) is 5.09. The Morgan fingerprint density at radius 3 is 2.70 bits per heavy atom. The highest BCUT2D eigenvalue weighted by atomic mass is 35.5. The molecule has 2 rings (SSSR count). The van der Waals surface area contributed by atoms with Gasteiger partial charge >= 0.3 is 5.69 Å². The van der Waals surface area contributed by atoms with Crippen LogP contribution < -0.4 is 5.32 Å². The van der Waals surface area contributed by atoms with Crippen LogP contribution in [-0.2, 0) is 0 Å². The Hall–Kier alpha value is -1.43. The Bertz CT molecular complexity index is 492. The van der Waals surface area contributed by atoms with E-state index in [1.165, 1.54) is 6.42 Å². The first-order valence-electron chi connectivity index (χ1n) is 7.09. The molecule has 1 aromatic rings. The summed E-state index contributed by atoms with van der Waals surface area (Å²) in [6.45, 7) is 2.81. The van der Waals surface area contributed by atoms with Crippen molar-refractivity contribution < 1.29 is 4.92 Å². The summed E-state index contributed by atoms with van der Waals surface area (Å²) < 4.78 is 0. The van der Waals surface area contributed by atoms with E-state index in [1.807, 2.05) is 0 Å². The molecule has 0 spiro atoms. The van der Waals surface area contributed by atoms with Gasteiger partial charge in [0, 0.05) is 12.5 Å². The van der Waals surface area contributed by atoms with Gasteiger partial charge in [-0.15, -0.1) is 0 Å². The van der Waals surface area contributed by atoms with Crippen LogP contribution in [0.3, 0.4) is 0 Å². The number of unbranched alkanes of at least 4 members (excludes halogenated alkanes) is 3. The number of rotatable bonds is 8. The van der Waals surface area contributed by atoms with E-state index in [-0.39, 0.29) is 16.7 Å². The maximum absolute atomic E-state index is 11.1. The van der Waals surface area contributed by atoms with Gasteiger partial charge in [-0.05, 0) is 19.3 Å². The largest absolute Gasteiger partial charge is 0.364 e. The van der Waals surface area contributed by atoms with Crippen LogP contribution in [0, 0.1) is 10.1 Å². The fourth-order valence-corrected chi connectivity index (χ4v) is 2.26. The molecule has 1 fully saturated rings. The van der Waals surface area contributed by atoms with Gasteiger partial charge < -0.3 is 5.32 Å². The third-order valence-corrected chi connectivity index (χ3v) is 3.57. The first kappa shape index (κ1) is 15.0. The smallest absolute Gasteiger partial charge is 0.348 e. The topological polar surface area (TPSA) is 81.0 Å². The van der Waals surface area contributed by atoms with E-state index in [9.17, 15) is 10.1 Å². The lowest BCUT2D eigenvalue weighted by molar-refractivity contribution is -0.384. The van der Waals surface area contributed by atoms with E-state index < -0.39 is 4.92 Å². The fraction of sp³-hybridized carbons (Fsp3) is 0.692. The maximum Gasteiger partial charge on any atom is 0.348 e. The standard InChI is InChI=1S/C13H19ClN4O2/c1-2-3-4-5-8-15-13-10(18(19)20)11(14)16-12(17-13)9-6-7-9/h9H,2-8H2,1H3,(H,15,16,17). The second-order valence-corrected chi connectivity index (χ2v) is 5.45. The zero-order chi connectivity index (χ0) is 14.5. The predicted octanol–water partition coefficient (Wildman–Crippen LogP) is 3.91. The predicted molar refractivity (Wildman–Crippen MR) is 78.3 cm³/mol. The van der Waals surface area contributed by atoms with Crippen molar-refractivity contribution in [2.75, 3.05) is 11.9 Å². The SMILES string of the molecule is CCCCCCNc1nc(C2CC2)nc(Cl)c1[N+](=O)[O-]. The molecule has 0 amide bonds. The van der Waals surface area contributed by atoms with Gasteiger partial charge in [0.15, 0.2) is 0 Å². The van der Waals surface area contributed by atoms with Crippen molar-refractivity contribution in [3.05, 3.63) is 21.1 Å². The number of nitrogens with zero attached hydrogens (tertiary/aromatic N) is 3. The highest BCUT2D eigenvalue weighted by molar-refractivity contribution is 6.31. The number of aromatic nitrogens is 2. The fourth-order valence-electron chi connectivity index (χ4n) is 2.01. The molecule has 1 aromatic heterocycles. The third kappa shape index (κ3) is 3.79. The molecule has 1 aliphatic carbocycles. The second kappa shape index (κ2) is 6.83. The molecular formula is C13H19ClN4O2. The lowest BCUT2D eigenvalue weighted by Crippen LogP contribution is -2.09. The summed E-state index contributed by atoms with van der Waals surface area (Å²) >= 11 is 5.93. The molecule has 110 valence electrons. The van der Waals surface area contributed by atoms with Crippen LogP contribution in [0.5, 0.6) is 0 Å². The van der Waals surface area contributed by atoms with Crippen molar-refractivity contribution in [3.8, 4) is 0 Å². The summed E-state index contributed by atoms with van der Waals surface area (Å²) in [5.74, 6) is 1.19. The van der Waals surface area contributed by atoms with Gasteiger partial charge in [-0.3, -0.25) is 10.1 Å². The number of nitrogens with one attached hydrogen (secondary N) is 1. The molecule has 0 unspecified atom stereocenters. The molecule has 0 radical (unpaired) electrons. The van der Waals surface area contributed by atoms with E-state index >= 15 is 0 Å². The first-order valence-corrected chi connectivity index (χ1v) is 7.47. The molecule has 6 nitrogen and oxygen atoms in total. The summed E-state index contributed by atoms with van der Waals surface area (Å²) in [6, 6.07) is 0. The lowest BCUT2D eigenvalue weighted by atomic mass is 10.2. The van der Waals surface area contributed by atoms with Crippen molar-refractivity contribution in [2.24, 2.45) is 0 Å². The molecule has 0 aromatic carbocycles. The molecular weight excluding hydrogens is 280 g/mol. The van der Waals surface area contributed by atoms with Crippen LogP contribution in [0.1, 0.15) is 57.2 Å². The van der Waals surface area contributed by atoms with Crippen molar-refractivity contribution in [1.82, 2.24) is 9.97 Å². The zero-order valence-electron chi connectivity index (χ0n) is 11.6. The van der Waals surface area contributed by atoms with Crippen LogP contribution in [-0.4, -0.2) is 21.4 Å². The normalized spacial score (nSPS) is 14.3. The van der Waals surface area contributed by atoms with E-state index in [0.717, 1.165) is 32.1 Å². The van der Waals surface area contributed by atoms with Crippen LogP contribution >= 0.6 is 11.6 Å². The Morgan fingerprint density at radius 2 is 2.10 bits per heavy atom. The molecule has 1 heterocycles. The molecule has 7 heteroatoms. The summed E-state index contributed by atoms with van der Waals surface area (Å²) in [5, 5.41) is 14.0. The molecule has 1 aliphatic rings. The van der Waals surface area contributed by atoms with Crippen molar-refractivity contribution >= 4 is 23.1 Å². The van der Waals surface area contributed by atoms with Gasteiger partial charge in [0.25, 0.3) is 0 Å². The average Bonchev–Trinajstić information content (AvgIpc) is 3.21. The van der Waals surface area contributed by atoms with Gasteiger partial charge in [-0.1, -0.05) is 37.8 Å².